The second-order valence-corrected chi connectivity index (χ2v) is 12.9. The number of allylic oxidation sites excluding steroid dienone is 1. The van der Waals surface area contributed by atoms with Crippen molar-refractivity contribution in [3.8, 4) is 5.75 Å². The fraction of sp³-hybridized carbons (Fsp3) is 0.438. The maximum Gasteiger partial charge on any atom is 0.416 e. The highest BCUT2D eigenvalue weighted by molar-refractivity contribution is 9.10. The number of benzene rings is 2. The van der Waals surface area contributed by atoms with E-state index < -0.39 is 23.5 Å². The summed E-state index contributed by atoms with van der Waals surface area (Å²) in [7, 11) is 1.61. The molecule has 0 atom stereocenters. The van der Waals surface area contributed by atoms with Gasteiger partial charge in [-0.15, -0.1) is 0 Å². The van der Waals surface area contributed by atoms with Gasteiger partial charge in [-0.1, -0.05) is 33.8 Å². The van der Waals surface area contributed by atoms with Crippen LogP contribution in [0.2, 0.25) is 0 Å². The third kappa shape index (κ3) is 8.10. The van der Waals surface area contributed by atoms with E-state index >= 15 is 0 Å². The molecule has 1 aliphatic rings. The van der Waals surface area contributed by atoms with Gasteiger partial charge in [-0.05, 0) is 99.1 Å². The predicted octanol–water partition coefficient (Wildman–Crippen LogP) is 10.1. The summed E-state index contributed by atoms with van der Waals surface area (Å²) in [5.74, 6) is 1.16. The lowest BCUT2D eigenvalue weighted by molar-refractivity contribution is -0.143. The molecule has 2 aromatic carbocycles. The summed E-state index contributed by atoms with van der Waals surface area (Å²) in [6, 6.07) is 7.73. The fourth-order valence-corrected chi connectivity index (χ4v) is 5.64. The minimum Gasteiger partial charge on any atom is -0.496 e. The highest BCUT2D eigenvalue weighted by Gasteiger charge is 2.37. The largest absolute Gasteiger partial charge is 0.496 e. The van der Waals surface area contributed by atoms with Crippen LogP contribution in [0, 0.1) is 5.41 Å². The van der Waals surface area contributed by atoms with Gasteiger partial charge in [0.15, 0.2) is 0 Å². The van der Waals surface area contributed by atoms with E-state index in [1.54, 1.807) is 12.0 Å². The lowest BCUT2D eigenvalue weighted by atomic mass is 9.72. The second kappa shape index (κ2) is 12.5. The smallest absolute Gasteiger partial charge is 0.416 e. The van der Waals surface area contributed by atoms with Gasteiger partial charge in [0.1, 0.15) is 5.75 Å². The van der Waals surface area contributed by atoms with Crippen molar-refractivity contribution < 1.29 is 31.1 Å². The minimum atomic E-state index is -4.95. The molecular formula is C32H34BrF6N3O. The monoisotopic (exact) mass is 669 g/mol. The Morgan fingerprint density at radius 2 is 1.53 bits per heavy atom. The van der Waals surface area contributed by atoms with E-state index in [2.05, 4.69) is 59.7 Å². The van der Waals surface area contributed by atoms with Gasteiger partial charge in [-0.2, -0.15) is 26.3 Å². The number of nitrogens with zero attached hydrogens (tertiary/aromatic N) is 3. The molecule has 232 valence electrons. The van der Waals surface area contributed by atoms with Crippen molar-refractivity contribution >= 4 is 27.5 Å². The molecule has 0 fully saturated rings. The number of alkyl halides is 6. The number of hydrogen-bond donors (Lipinski definition) is 0. The molecule has 0 saturated heterocycles. The van der Waals surface area contributed by atoms with Gasteiger partial charge in [0.25, 0.3) is 0 Å². The summed E-state index contributed by atoms with van der Waals surface area (Å²) >= 11 is 3.30. The van der Waals surface area contributed by atoms with Crippen LogP contribution in [0.3, 0.4) is 0 Å². The van der Waals surface area contributed by atoms with Crippen LogP contribution >= 0.6 is 15.9 Å². The van der Waals surface area contributed by atoms with Crippen molar-refractivity contribution in [3.05, 3.63) is 86.7 Å². The molecule has 0 radical (unpaired) electrons. The Kier molecular flexibility index (Phi) is 9.54. The molecule has 4 rings (SSSR count). The second-order valence-electron chi connectivity index (χ2n) is 12.0. The summed E-state index contributed by atoms with van der Waals surface area (Å²) < 4.78 is 88.3. The number of ether oxygens (including phenoxy) is 1. The molecule has 0 aliphatic heterocycles. The molecule has 1 aliphatic carbocycles. The van der Waals surface area contributed by atoms with E-state index in [1.807, 2.05) is 12.1 Å². The molecule has 1 aromatic heterocycles. The van der Waals surface area contributed by atoms with Gasteiger partial charge in [-0.25, -0.2) is 9.97 Å². The average Bonchev–Trinajstić information content (AvgIpc) is 2.91. The van der Waals surface area contributed by atoms with Crippen LogP contribution in [0.4, 0.5) is 32.3 Å². The highest BCUT2D eigenvalue weighted by atomic mass is 79.9. The van der Waals surface area contributed by atoms with Crippen molar-refractivity contribution in [2.45, 2.75) is 71.8 Å². The molecule has 43 heavy (non-hydrogen) atoms. The lowest BCUT2D eigenvalue weighted by Gasteiger charge is -2.36. The van der Waals surface area contributed by atoms with Crippen LogP contribution in [-0.2, 0) is 18.9 Å². The Balaban J connectivity index is 1.86. The normalized spacial score (nSPS) is 15.7. The van der Waals surface area contributed by atoms with E-state index in [9.17, 15) is 26.3 Å². The van der Waals surface area contributed by atoms with E-state index in [1.165, 1.54) is 12.4 Å². The van der Waals surface area contributed by atoms with Crippen molar-refractivity contribution in [2.24, 2.45) is 5.41 Å². The minimum absolute atomic E-state index is 0.0758. The average molecular weight is 671 g/mol. The Hall–Kier alpha value is -3.08. The van der Waals surface area contributed by atoms with Gasteiger partial charge in [-0.3, -0.25) is 0 Å². The Labute approximate surface area is 256 Å². The summed E-state index contributed by atoms with van der Waals surface area (Å²) in [6.07, 6.45) is -4.60. The van der Waals surface area contributed by atoms with Crippen LogP contribution in [-0.4, -0.2) is 23.6 Å². The lowest BCUT2D eigenvalue weighted by Crippen LogP contribution is -2.31. The zero-order chi connectivity index (χ0) is 31.7. The molecule has 4 nitrogen and oxygen atoms in total. The first kappa shape index (κ1) is 32.8. The molecule has 0 unspecified atom stereocenters. The zero-order valence-corrected chi connectivity index (χ0v) is 26.2. The number of aromatic nitrogens is 2. The van der Waals surface area contributed by atoms with Gasteiger partial charge >= 0.3 is 12.4 Å². The van der Waals surface area contributed by atoms with Crippen molar-refractivity contribution in [2.75, 3.05) is 18.6 Å². The number of methoxy groups -OCH3 is 1. The highest BCUT2D eigenvalue weighted by Crippen LogP contribution is 2.45. The summed E-state index contributed by atoms with van der Waals surface area (Å²) in [5.41, 5.74) is 1.19. The number of rotatable bonds is 8. The van der Waals surface area contributed by atoms with Gasteiger partial charge in [0.05, 0.1) is 22.7 Å². The molecule has 0 spiro atoms. The molecule has 3 aromatic rings. The summed E-state index contributed by atoms with van der Waals surface area (Å²) in [5, 5.41) is 0. The first-order chi connectivity index (χ1) is 20.0. The number of anilines is 1. The molecule has 1 heterocycles. The number of halogens is 7. The first-order valence-corrected chi connectivity index (χ1v) is 14.7. The summed E-state index contributed by atoms with van der Waals surface area (Å²) in [4.78, 5) is 10.4. The third-order valence-corrected chi connectivity index (χ3v) is 8.09. The Morgan fingerprint density at radius 3 is 2.07 bits per heavy atom. The zero-order valence-electron chi connectivity index (χ0n) is 24.6. The molecule has 0 N–H and O–H groups in total. The van der Waals surface area contributed by atoms with Crippen LogP contribution < -0.4 is 9.64 Å². The van der Waals surface area contributed by atoms with Crippen LogP contribution in [0.1, 0.15) is 80.7 Å². The molecule has 0 saturated carbocycles. The maximum absolute atomic E-state index is 13.7. The van der Waals surface area contributed by atoms with Crippen molar-refractivity contribution in [3.63, 3.8) is 0 Å². The standard InChI is InChI=1S/C32H34BrF6N3O/c1-19(2)21-6-7-28(43-5)27(12-21)26-8-9-30(3,4)14-22(26)18-42(29-40-15-25(33)16-41-29)17-20-10-23(31(34,35)36)13-24(11-20)32(37,38)39/h6-7,10-13,15-16,19H,8-9,14,17-18H2,1-5H3. The number of hydrogen-bond acceptors (Lipinski definition) is 4. The van der Waals surface area contributed by atoms with Gasteiger partial charge < -0.3 is 9.64 Å². The Morgan fingerprint density at radius 1 is 0.930 bits per heavy atom. The molecule has 11 heteroatoms. The van der Waals surface area contributed by atoms with Crippen LogP contribution in [0.5, 0.6) is 5.75 Å². The van der Waals surface area contributed by atoms with E-state index in [0.29, 0.717) is 16.6 Å². The maximum atomic E-state index is 13.7. The molecule has 0 amide bonds. The van der Waals surface area contributed by atoms with Crippen molar-refractivity contribution in [1.29, 1.82) is 0 Å². The van der Waals surface area contributed by atoms with Gasteiger partial charge in [0, 0.05) is 31.0 Å². The van der Waals surface area contributed by atoms with Crippen LogP contribution in [0.15, 0.2) is 58.8 Å². The van der Waals surface area contributed by atoms with Gasteiger partial charge in [0.2, 0.25) is 5.95 Å². The van der Waals surface area contributed by atoms with E-state index in [-0.39, 0.29) is 42.0 Å². The first-order valence-electron chi connectivity index (χ1n) is 13.9. The Bertz CT molecular complexity index is 1450. The molecular weight excluding hydrogens is 636 g/mol. The molecule has 0 bridgehead atoms. The van der Waals surface area contributed by atoms with E-state index in [0.717, 1.165) is 47.2 Å². The van der Waals surface area contributed by atoms with Crippen molar-refractivity contribution in [1.82, 2.24) is 9.97 Å². The predicted molar refractivity (Wildman–Crippen MR) is 159 cm³/mol. The topological polar surface area (TPSA) is 38.2 Å². The third-order valence-electron chi connectivity index (χ3n) is 7.68. The quantitative estimate of drug-likeness (QED) is 0.224. The fourth-order valence-electron chi connectivity index (χ4n) is 5.44. The van der Waals surface area contributed by atoms with Crippen LogP contribution in [0.25, 0.3) is 5.57 Å². The summed E-state index contributed by atoms with van der Waals surface area (Å²) in [6.45, 7) is 8.43. The SMILES string of the molecule is COc1ccc(C(C)C)cc1C1=C(CN(Cc2cc(C(F)(F)F)cc(C(F)(F)F)c2)c2ncc(Br)cn2)CC(C)(C)CC1. The van der Waals surface area contributed by atoms with E-state index in [4.69, 9.17) is 4.74 Å².